The molecule has 0 fully saturated rings. The summed E-state index contributed by atoms with van der Waals surface area (Å²) in [5.74, 6) is -1.02. The fourth-order valence-electron chi connectivity index (χ4n) is 3.02. The Kier molecular flexibility index (Phi) is 5.43. The van der Waals surface area contributed by atoms with Crippen molar-refractivity contribution in [3.05, 3.63) is 112 Å². The van der Waals surface area contributed by atoms with E-state index in [0.29, 0.717) is 16.5 Å². The predicted molar refractivity (Wildman–Crippen MR) is 113 cm³/mol. The minimum absolute atomic E-state index is 0.0428. The van der Waals surface area contributed by atoms with Gasteiger partial charge in [-0.25, -0.2) is 14.8 Å². The molecule has 0 saturated carbocycles. The van der Waals surface area contributed by atoms with Crippen LogP contribution in [0.15, 0.2) is 88.8 Å². The molecule has 1 aromatic heterocycles. The third-order valence-electron chi connectivity index (χ3n) is 4.50. The number of carbonyl (C=O) groups is 1. The van der Waals surface area contributed by atoms with Crippen molar-refractivity contribution in [2.75, 3.05) is 0 Å². The Balaban J connectivity index is 1.69. The molecule has 4 aromatic rings. The van der Waals surface area contributed by atoms with Crippen molar-refractivity contribution in [2.24, 2.45) is 5.10 Å². The molecule has 1 heterocycles. The average Bonchev–Trinajstić information content (AvgIpc) is 2.77. The van der Waals surface area contributed by atoms with Gasteiger partial charge in [0.2, 0.25) is 5.82 Å². The van der Waals surface area contributed by atoms with Crippen LogP contribution < -0.4 is 11.0 Å². The molecule has 4 rings (SSSR count). The summed E-state index contributed by atoms with van der Waals surface area (Å²) in [7, 11) is 0. The lowest BCUT2D eigenvalue weighted by atomic mass is 10.2. The number of hydrogen-bond acceptors (Lipinski definition) is 4. The van der Waals surface area contributed by atoms with Crippen LogP contribution in [0.2, 0.25) is 0 Å². The van der Waals surface area contributed by atoms with E-state index in [1.165, 1.54) is 35.0 Å². The van der Waals surface area contributed by atoms with Gasteiger partial charge >= 0.3 is 5.91 Å². The van der Waals surface area contributed by atoms with Crippen LogP contribution >= 0.6 is 0 Å². The van der Waals surface area contributed by atoms with Crippen molar-refractivity contribution in [1.29, 1.82) is 0 Å². The average molecular weight is 400 g/mol. The topological polar surface area (TPSA) is 76.3 Å². The summed E-state index contributed by atoms with van der Waals surface area (Å²) < 4.78 is 14.3. The first-order valence-corrected chi connectivity index (χ1v) is 9.24. The van der Waals surface area contributed by atoms with Crippen LogP contribution in [0.5, 0.6) is 0 Å². The number of hydrogen-bond donors (Lipinski definition) is 1. The number of amides is 1. The molecule has 0 saturated heterocycles. The van der Waals surface area contributed by atoms with Gasteiger partial charge in [0.1, 0.15) is 5.82 Å². The van der Waals surface area contributed by atoms with Crippen LogP contribution in [0, 0.1) is 5.82 Å². The molecule has 0 aliphatic carbocycles. The molecule has 6 nitrogen and oxygen atoms in total. The molecule has 0 bridgehead atoms. The van der Waals surface area contributed by atoms with Gasteiger partial charge in [-0.2, -0.15) is 5.10 Å². The molecule has 3 aromatic carbocycles. The second kappa shape index (κ2) is 8.48. The molecule has 148 valence electrons. The standard InChI is InChI=1S/C23H17FN4O2/c24-18-12-10-16(11-13-18)14-25-27-22(29)21-26-20-9-5-4-8-19(20)23(30)28(21)15-17-6-2-1-3-7-17/h1-14H,15H2,(H,27,29)/b25-14-. The van der Waals surface area contributed by atoms with E-state index in [2.05, 4.69) is 15.5 Å². The van der Waals surface area contributed by atoms with Crippen LogP contribution in [-0.2, 0) is 6.54 Å². The number of para-hydroxylation sites is 1. The SMILES string of the molecule is O=C(N/N=C\c1ccc(F)cc1)c1nc2ccccc2c(=O)n1Cc1ccccc1. The Labute approximate surface area is 171 Å². The summed E-state index contributed by atoms with van der Waals surface area (Å²) in [4.78, 5) is 30.2. The Hall–Kier alpha value is -4.13. The number of carbonyl (C=O) groups excluding carboxylic acids is 1. The van der Waals surface area contributed by atoms with Crippen molar-refractivity contribution >= 4 is 23.0 Å². The molecule has 0 atom stereocenters. The lowest BCUT2D eigenvalue weighted by molar-refractivity contribution is 0.0939. The minimum atomic E-state index is -0.618. The second-order valence-corrected chi connectivity index (χ2v) is 6.58. The molecular formula is C23H17FN4O2. The molecule has 7 heteroatoms. The quantitative estimate of drug-likeness (QED) is 0.412. The highest BCUT2D eigenvalue weighted by molar-refractivity contribution is 5.93. The smallest absolute Gasteiger partial charge is 0.283 e. The van der Waals surface area contributed by atoms with Gasteiger partial charge in [-0.05, 0) is 35.4 Å². The van der Waals surface area contributed by atoms with Gasteiger partial charge in [-0.15, -0.1) is 0 Å². The van der Waals surface area contributed by atoms with Crippen LogP contribution in [0.3, 0.4) is 0 Å². The number of nitrogens with one attached hydrogen (secondary N) is 1. The number of rotatable bonds is 5. The van der Waals surface area contributed by atoms with Crippen LogP contribution in [0.25, 0.3) is 10.9 Å². The summed E-state index contributed by atoms with van der Waals surface area (Å²) in [5.41, 5.74) is 3.99. The lowest BCUT2D eigenvalue weighted by Crippen LogP contribution is -2.32. The fraction of sp³-hybridized carbons (Fsp3) is 0.0435. The zero-order valence-corrected chi connectivity index (χ0v) is 15.8. The lowest BCUT2D eigenvalue weighted by Gasteiger charge is -2.12. The number of hydrazone groups is 1. The third-order valence-corrected chi connectivity index (χ3v) is 4.50. The van der Waals surface area contributed by atoms with E-state index in [1.807, 2.05) is 30.3 Å². The van der Waals surface area contributed by atoms with Crippen molar-refractivity contribution < 1.29 is 9.18 Å². The maximum atomic E-state index is 13.1. The van der Waals surface area contributed by atoms with Crippen molar-refractivity contribution in [3.63, 3.8) is 0 Å². The molecule has 0 aliphatic heterocycles. The zero-order valence-electron chi connectivity index (χ0n) is 15.8. The number of aromatic nitrogens is 2. The largest absolute Gasteiger partial charge is 0.307 e. The van der Waals surface area contributed by atoms with Crippen molar-refractivity contribution in [1.82, 2.24) is 15.0 Å². The Morgan fingerprint density at radius 1 is 1.00 bits per heavy atom. The van der Waals surface area contributed by atoms with Crippen LogP contribution in [-0.4, -0.2) is 21.7 Å². The van der Waals surface area contributed by atoms with E-state index in [-0.39, 0.29) is 23.7 Å². The van der Waals surface area contributed by atoms with Gasteiger partial charge in [0.15, 0.2) is 0 Å². The summed E-state index contributed by atoms with van der Waals surface area (Å²) in [6.45, 7) is 0.196. The number of nitrogens with zero attached hydrogens (tertiary/aromatic N) is 3. The van der Waals surface area contributed by atoms with E-state index in [4.69, 9.17) is 0 Å². The summed E-state index contributed by atoms with van der Waals surface area (Å²) >= 11 is 0. The maximum absolute atomic E-state index is 13.1. The van der Waals surface area contributed by atoms with Gasteiger partial charge in [-0.1, -0.05) is 54.6 Å². The minimum Gasteiger partial charge on any atom is -0.283 e. The fourth-order valence-corrected chi connectivity index (χ4v) is 3.02. The number of fused-ring (bicyclic) bond motifs is 1. The van der Waals surface area contributed by atoms with E-state index in [1.54, 1.807) is 24.3 Å². The molecular weight excluding hydrogens is 383 g/mol. The second-order valence-electron chi connectivity index (χ2n) is 6.58. The molecule has 0 spiro atoms. The van der Waals surface area contributed by atoms with Gasteiger partial charge in [0, 0.05) is 0 Å². The van der Waals surface area contributed by atoms with E-state index < -0.39 is 5.91 Å². The normalized spacial score (nSPS) is 11.1. The highest BCUT2D eigenvalue weighted by Crippen LogP contribution is 2.10. The van der Waals surface area contributed by atoms with Crippen molar-refractivity contribution in [3.8, 4) is 0 Å². The van der Waals surface area contributed by atoms with E-state index >= 15 is 0 Å². The van der Waals surface area contributed by atoms with Crippen LogP contribution in [0.4, 0.5) is 4.39 Å². The summed E-state index contributed by atoms with van der Waals surface area (Å²) in [5, 5.41) is 4.33. The van der Waals surface area contributed by atoms with E-state index in [9.17, 15) is 14.0 Å². The molecule has 0 radical (unpaired) electrons. The highest BCUT2D eigenvalue weighted by atomic mass is 19.1. The monoisotopic (exact) mass is 400 g/mol. The van der Waals surface area contributed by atoms with Gasteiger partial charge in [0.25, 0.3) is 5.56 Å². The van der Waals surface area contributed by atoms with Gasteiger partial charge < -0.3 is 0 Å². The third kappa shape index (κ3) is 4.15. The highest BCUT2D eigenvalue weighted by Gasteiger charge is 2.17. The molecule has 0 unspecified atom stereocenters. The Morgan fingerprint density at radius 3 is 2.47 bits per heavy atom. The summed E-state index contributed by atoms with van der Waals surface area (Å²) in [6.07, 6.45) is 1.39. The first-order chi connectivity index (χ1) is 14.6. The zero-order chi connectivity index (χ0) is 20.9. The molecule has 1 N–H and O–H groups in total. The molecule has 0 aliphatic rings. The Bertz CT molecular complexity index is 1280. The maximum Gasteiger partial charge on any atom is 0.307 e. The van der Waals surface area contributed by atoms with Crippen molar-refractivity contribution in [2.45, 2.75) is 6.54 Å². The number of benzene rings is 3. The van der Waals surface area contributed by atoms with Crippen LogP contribution in [0.1, 0.15) is 21.7 Å². The first-order valence-electron chi connectivity index (χ1n) is 9.24. The summed E-state index contributed by atoms with van der Waals surface area (Å²) in [6, 6.07) is 21.9. The predicted octanol–water partition coefficient (Wildman–Crippen LogP) is 3.35. The molecule has 30 heavy (non-hydrogen) atoms. The first kappa shape index (κ1) is 19.2. The van der Waals surface area contributed by atoms with E-state index in [0.717, 1.165) is 5.56 Å². The number of halogens is 1. The van der Waals surface area contributed by atoms with Gasteiger partial charge in [0.05, 0.1) is 23.7 Å². The Morgan fingerprint density at radius 2 is 1.70 bits per heavy atom. The van der Waals surface area contributed by atoms with Gasteiger partial charge in [-0.3, -0.25) is 14.2 Å². The molecule has 1 amide bonds.